The molecule has 16 heavy (non-hydrogen) atoms. The summed E-state index contributed by atoms with van der Waals surface area (Å²) in [5.41, 5.74) is 0.971. The maximum Gasteiger partial charge on any atom is 0.261 e. The average Bonchev–Trinajstić information content (AvgIpc) is 2.43. The first-order valence-electron chi connectivity index (χ1n) is 5.42. The Morgan fingerprint density at radius 1 is 0.938 bits per heavy atom. The van der Waals surface area contributed by atoms with Gasteiger partial charge in [-0.05, 0) is 27.7 Å². The molecule has 0 bridgehead atoms. The molecular formula is C13H17NO2. The third-order valence-electron chi connectivity index (χ3n) is 2.37. The molecule has 0 saturated carbocycles. The first-order valence-corrected chi connectivity index (χ1v) is 5.42. The molecule has 0 aromatic heterocycles. The van der Waals surface area contributed by atoms with Gasteiger partial charge in [-0.2, -0.15) is 0 Å². The van der Waals surface area contributed by atoms with Crippen molar-refractivity contribution in [2.45, 2.75) is 33.7 Å². The molecule has 0 aliphatic carbocycles. The van der Waals surface area contributed by atoms with Crippen LogP contribution in [0.15, 0.2) is 35.5 Å². The van der Waals surface area contributed by atoms with E-state index in [1.54, 1.807) is 24.3 Å². The molecule has 0 saturated heterocycles. The smallest absolute Gasteiger partial charge is 0.261 e. The summed E-state index contributed by atoms with van der Waals surface area (Å²) in [4.78, 5) is 25.3. The van der Waals surface area contributed by atoms with Crippen molar-refractivity contribution < 1.29 is 9.59 Å². The standard InChI is InChI=1S/C13H17NO2/c1-5-7-10-11(8-6-2)13(16)14(9(3)4)12(10)15/h5-9H,1-4H3/b7-5-,8-6-. The molecule has 1 aliphatic rings. The van der Waals surface area contributed by atoms with Gasteiger partial charge in [0.25, 0.3) is 11.8 Å². The van der Waals surface area contributed by atoms with Gasteiger partial charge in [-0.25, -0.2) is 0 Å². The normalized spacial score (nSPS) is 17.9. The topological polar surface area (TPSA) is 37.4 Å². The van der Waals surface area contributed by atoms with Gasteiger partial charge in [-0.15, -0.1) is 0 Å². The minimum absolute atomic E-state index is 0.108. The maximum absolute atomic E-state index is 12.0. The number of carbonyl (C=O) groups excluding carboxylic acids is 2. The predicted octanol–water partition coefficient (Wildman–Crippen LogP) is 2.21. The number of imide groups is 1. The highest BCUT2D eigenvalue weighted by Crippen LogP contribution is 2.24. The third-order valence-corrected chi connectivity index (χ3v) is 2.37. The van der Waals surface area contributed by atoms with E-state index in [-0.39, 0.29) is 17.9 Å². The Balaban J connectivity index is 3.25. The van der Waals surface area contributed by atoms with Crippen molar-refractivity contribution in [3.63, 3.8) is 0 Å². The lowest BCUT2D eigenvalue weighted by atomic mass is 10.1. The highest BCUT2D eigenvalue weighted by atomic mass is 16.2. The van der Waals surface area contributed by atoms with Crippen LogP contribution < -0.4 is 0 Å². The van der Waals surface area contributed by atoms with Crippen molar-refractivity contribution >= 4 is 11.8 Å². The van der Waals surface area contributed by atoms with E-state index in [0.29, 0.717) is 11.1 Å². The van der Waals surface area contributed by atoms with E-state index in [9.17, 15) is 9.59 Å². The zero-order valence-electron chi connectivity index (χ0n) is 10.2. The summed E-state index contributed by atoms with van der Waals surface area (Å²) < 4.78 is 0. The van der Waals surface area contributed by atoms with E-state index >= 15 is 0 Å². The van der Waals surface area contributed by atoms with Crippen molar-refractivity contribution in [1.29, 1.82) is 0 Å². The lowest BCUT2D eigenvalue weighted by Gasteiger charge is -2.18. The fourth-order valence-electron chi connectivity index (χ4n) is 1.71. The lowest BCUT2D eigenvalue weighted by Crippen LogP contribution is -2.37. The number of hydrogen-bond donors (Lipinski definition) is 0. The van der Waals surface area contributed by atoms with Gasteiger partial charge >= 0.3 is 0 Å². The number of amides is 2. The number of carbonyl (C=O) groups is 2. The van der Waals surface area contributed by atoms with Crippen LogP contribution in [0.3, 0.4) is 0 Å². The van der Waals surface area contributed by atoms with Crippen LogP contribution in [-0.4, -0.2) is 22.8 Å². The minimum atomic E-state index is -0.203. The quantitative estimate of drug-likeness (QED) is 0.682. The Hall–Kier alpha value is -1.64. The summed E-state index contributed by atoms with van der Waals surface area (Å²) in [6.45, 7) is 7.33. The molecule has 1 rings (SSSR count). The molecule has 0 fully saturated rings. The Kier molecular flexibility index (Phi) is 3.82. The summed E-state index contributed by atoms with van der Waals surface area (Å²) >= 11 is 0. The van der Waals surface area contributed by atoms with Crippen molar-refractivity contribution in [3.8, 4) is 0 Å². The van der Waals surface area contributed by atoms with Gasteiger partial charge in [0.2, 0.25) is 0 Å². The fourth-order valence-corrected chi connectivity index (χ4v) is 1.71. The van der Waals surface area contributed by atoms with Gasteiger partial charge in [0.1, 0.15) is 0 Å². The molecule has 0 unspecified atom stereocenters. The van der Waals surface area contributed by atoms with Gasteiger partial charge in [0.05, 0.1) is 11.1 Å². The zero-order chi connectivity index (χ0) is 12.3. The highest BCUT2D eigenvalue weighted by Gasteiger charge is 2.36. The van der Waals surface area contributed by atoms with Crippen molar-refractivity contribution in [1.82, 2.24) is 4.90 Å². The molecule has 1 aliphatic heterocycles. The van der Waals surface area contributed by atoms with Gasteiger partial charge < -0.3 is 0 Å². The van der Waals surface area contributed by atoms with Crippen LogP contribution in [0.25, 0.3) is 0 Å². The van der Waals surface area contributed by atoms with Crippen LogP contribution >= 0.6 is 0 Å². The van der Waals surface area contributed by atoms with E-state index in [4.69, 9.17) is 0 Å². The monoisotopic (exact) mass is 219 g/mol. The Morgan fingerprint density at radius 2 is 1.31 bits per heavy atom. The number of allylic oxidation sites excluding steroid dienone is 2. The van der Waals surface area contributed by atoms with Crippen LogP contribution in [0.1, 0.15) is 27.7 Å². The van der Waals surface area contributed by atoms with Crippen LogP contribution in [-0.2, 0) is 9.59 Å². The van der Waals surface area contributed by atoms with Gasteiger partial charge in [-0.3, -0.25) is 14.5 Å². The predicted molar refractivity (Wildman–Crippen MR) is 63.6 cm³/mol. The van der Waals surface area contributed by atoms with Gasteiger partial charge in [0, 0.05) is 6.04 Å². The summed E-state index contributed by atoms with van der Waals surface area (Å²) in [7, 11) is 0. The van der Waals surface area contributed by atoms with E-state index < -0.39 is 0 Å². The summed E-state index contributed by atoms with van der Waals surface area (Å²) in [5.74, 6) is -0.405. The average molecular weight is 219 g/mol. The molecule has 0 aromatic carbocycles. The second-order valence-corrected chi connectivity index (χ2v) is 3.90. The highest BCUT2D eigenvalue weighted by molar-refractivity contribution is 6.22. The second-order valence-electron chi connectivity index (χ2n) is 3.90. The zero-order valence-corrected chi connectivity index (χ0v) is 10.2. The largest absolute Gasteiger partial charge is 0.272 e. The van der Waals surface area contributed by atoms with E-state index in [1.807, 2.05) is 27.7 Å². The minimum Gasteiger partial charge on any atom is -0.272 e. The first-order chi connectivity index (χ1) is 7.54. The third kappa shape index (κ3) is 1.98. The Labute approximate surface area is 96.1 Å². The van der Waals surface area contributed by atoms with Crippen LogP contribution in [0.2, 0.25) is 0 Å². The Morgan fingerprint density at radius 3 is 1.56 bits per heavy atom. The SMILES string of the molecule is C/C=C\C1=C(/C=C\C)C(=O)N(C(C)C)C1=O. The molecule has 0 aromatic rings. The number of hydrogen-bond acceptors (Lipinski definition) is 2. The molecule has 0 radical (unpaired) electrons. The van der Waals surface area contributed by atoms with Crippen molar-refractivity contribution in [3.05, 3.63) is 35.5 Å². The van der Waals surface area contributed by atoms with Gasteiger partial charge in [0.15, 0.2) is 0 Å². The van der Waals surface area contributed by atoms with Crippen molar-refractivity contribution in [2.24, 2.45) is 0 Å². The van der Waals surface area contributed by atoms with Crippen LogP contribution in [0.5, 0.6) is 0 Å². The molecule has 1 heterocycles. The molecule has 0 spiro atoms. The molecule has 0 atom stereocenters. The molecule has 86 valence electrons. The van der Waals surface area contributed by atoms with Gasteiger partial charge in [-0.1, -0.05) is 24.3 Å². The first kappa shape index (κ1) is 12.4. The molecule has 2 amide bonds. The fraction of sp³-hybridized carbons (Fsp3) is 0.385. The lowest BCUT2D eigenvalue weighted by molar-refractivity contribution is -0.139. The summed E-state index contributed by atoms with van der Waals surface area (Å²) in [5, 5.41) is 0. The van der Waals surface area contributed by atoms with Crippen LogP contribution in [0, 0.1) is 0 Å². The summed E-state index contributed by atoms with van der Waals surface area (Å²) in [6, 6.07) is -0.108. The molecule has 3 nitrogen and oxygen atoms in total. The summed E-state index contributed by atoms with van der Waals surface area (Å²) in [6.07, 6.45) is 6.93. The maximum atomic E-state index is 12.0. The number of rotatable bonds is 3. The molecular weight excluding hydrogens is 202 g/mol. The molecule has 0 N–H and O–H groups in total. The second kappa shape index (κ2) is 4.92. The Bertz CT molecular complexity index is 366. The molecule has 3 heteroatoms. The van der Waals surface area contributed by atoms with E-state index in [0.717, 1.165) is 0 Å². The van der Waals surface area contributed by atoms with E-state index in [2.05, 4.69) is 0 Å². The van der Waals surface area contributed by atoms with Crippen LogP contribution in [0.4, 0.5) is 0 Å². The number of nitrogens with zero attached hydrogens (tertiary/aromatic N) is 1. The van der Waals surface area contributed by atoms with Crippen molar-refractivity contribution in [2.75, 3.05) is 0 Å². The van der Waals surface area contributed by atoms with E-state index in [1.165, 1.54) is 4.90 Å².